The topological polar surface area (TPSA) is 118 Å². The maximum absolute atomic E-state index is 8.32. The van der Waals surface area contributed by atoms with Crippen LogP contribution in [0.15, 0.2) is 0 Å². The molecule has 0 bridgehead atoms. The summed E-state index contributed by atoms with van der Waals surface area (Å²) in [5.74, 6) is 0. The van der Waals surface area contributed by atoms with Crippen molar-refractivity contribution < 1.29 is 61.1 Å². The standard InChI is InChI=1S/4C3H6O2.Ti/c4*4-3-1-5-2-3;/h4*3-4H,1-2H2;. The molecule has 4 fully saturated rings. The van der Waals surface area contributed by atoms with Crippen LogP contribution < -0.4 is 0 Å². The number of hydrogen-bond acceptors (Lipinski definition) is 8. The van der Waals surface area contributed by atoms with Crippen LogP contribution in [0.2, 0.25) is 0 Å². The monoisotopic (exact) mass is 344 g/mol. The molecule has 124 valence electrons. The molecule has 4 aliphatic rings. The van der Waals surface area contributed by atoms with E-state index in [2.05, 4.69) is 18.9 Å². The van der Waals surface area contributed by atoms with Gasteiger partial charge in [-0.3, -0.25) is 0 Å². The quantitative estimate of drug-likeness (QED) is 0.357. The Morgan fingerprint density at radius 1 is 0.429 bits per heavy atom. The maximum atomic E-state index is 8.32. The first-order valence-electron chi connectivity index (χ1n) is 6.61. The number of aliphatic hydroxyl groups excluding tert-OH is 4. The number of ether oxygens (including phenoxy) is 4. The number of rotatable bonds is 0. The Hall–Kier alpha value is 0.394. The first-order chi connectivity index (χ1) is 9.58. The molecule has 9 heteroatoms. The van der Waals surface area contributed by atoms with Gasteiger partial charge < -0.3 is 39.4 Å². The normalized spacial score (nSPS) is 24.6. The molecule has 0 aromatic heterocycles. The zero-order chi connectivity index (χ0) is 14.8. The van der Waals surface area contributed by atoms with Crippen LogP contribution in [-0.2, 0) is 40.7 Å². The molecule has 0 spiro atoms. The summed E-state index contributed by atoms with van der Waals surface area (Å²) in [5, 5.41) is 33.3. The van der Waals surface area contributed by atoms with E-state index in [9.17, 15) is 0 Å². The van der Waals surface area contributed by atoms with Gasteiger partial charge >= 0.3 is 0 Å². The summed E-state index contributed by atoms with van der Waals surface area (Å²) in [6.07, 6.45) is -0.630. The molecule has 0 unspecified atom stereocenters. The summed E-state index contributed by atoms with van der Waals surface area (Å²) in [7, 11) is 0. The van der Waals surface area contributed by atoms with Gasteiger partial charge in [0.25, 0.3) is 0 Å². The molecule has 0 aromatic carbocycles. The van der Waals surface area contributed by atoms with Crippen LogP contribution in [0.1, 0.15) is 0 Å². The summed E-state index contributed by atoms with van der Waals surface area (Å²) in [4.78, 5) is 0. The molecule has 4 rings (SSSR count). The van der Waals surface area contributed by atoms with Crippen LogP contribution >= 0.6 is 0 Å². The summed E-state index contributed by atoms with van der Waals surface area (Å²) in [6.45, 7) is 4.33. The fourth-order valence-electron chi connectivity index (χ4n) is 0.893. The van der Waals surface area contributed by atoms with E-state index in [1.165, 1.54) is 0 Å². The van der Waals surface area contributed by atoms with Gasteiger partial charge in [-0.25, -0.2) is 0 Å². The van der Waals surface area contributed by atoms with Crippen molar-refractivity contribution in [3.05, 3.63) is 0 Å². The van der Waals surface area contributed by atoms with Crippen LogP contribution in [0.3, 0.4) is 0 Å². The largest absolute Gasteiger partial charge is 0.388 e. The van der Waals surface area contributed by atoms with Gasteiger partial charge in [0.05, 0.1) is 52.9 Å². The fraction of sp³-hybridized carbons (Fsp3) is 1.00. The average molecular weight is 344 g/mol. The predicted molar refractivity (Wildman–Crippen MR) is 67.3 cm³/mol. The van der Waals surface area contributed by atoms with Crippen molar-refractivity contribution in [3.63, 3.8) is 0 Å². The summed E-state index contributed by atoms with van der Waals surface area (Å²) in [6, 6.07) is 0. The van der Waals surface area contributed by atoms with Crippen molar-refractivity contribution >= 4 is 0 Å². The Kier molecular flexibility index (Phi) is 13.1. The minimum Gasteiger partial charge on any atom is -0.388 e. The van der Waals surface area contributed by atoms with E-state index in [-0.39, 0.29) is 46.1 Å². The van der Waals surface area contributed by atoms with E-state index >= 15 is 0 Å². The number of aliphatic hydroxyl groups is 4. The average Bonchev–Trinajstić information content (AvgIpc) is 2.31. The van der Waals surface area contributed by atoms with Crippen molar-refractivity contribution in [1.29, 1.82) is 0 Å². The molecule has 8 nitrogen and oxygen atoms in total. The second-order valence-electron chi connectivity index (χ2n) is 4.77. The van der Waals surface area contributed by atoms with Gasteiger partial charge in [-0.15, -0.1) is 0 Å². The van der Waals surface area contributed by atoms with Crippen molar-refractivity contribution in [2.24, 2.45) is 0 Å². The van der Waals surface area contributed by atoms with Crippen LogP contribution in [0.5, 0.6) is 0 Å². The van der Waals surface area contributed by atoms with E-state index < -0.39 is 0 Å². The minimum atomic E-state index is -0.157. The number of hydrogen-bond donors (Lipinski definition) is 4. The van der Waals surface area contributed by atoms with Gasteiger partial charge in [0, 0.05) is 21.7 Å². The Balaban J connectivity index is 0.000000250. The van der Waals surface area contributed by atoms with E-state index in [4.69, 9.17) is 20.4 Å². The van der Waals surface area contributed by atoms with Crippen LogP contribution in [0, 0.1) is 0 Å². The van der Waals surface area contributed by atoms with Crippen molar-refractivity contribution in [3.8, 4) is 0 Å². The molecular formula is C12H24O8Ti. The predicted octanol–water partition coefficient (Wildman–Crippen LogP) is -2.49. The molecule has 21 heavy (non-hydrogen) atoms. The Bertz CT molecular complexity index is 181. The van der Waals surface area contributed by atoms with Gasteiger partial charge in [0.1, 0.15) is 24.4 Å². The van der Waals surface area contributed by atoms with E-state index in [1.54, 1.807) is 0 Å². The molecule has 4 N–H and O–H groups in total. The smallest absolute Gasteiger partial charge is 0.101 e. The van der Waals surface area contributed by atoms with Crippen LogP contribution in [0.4, 0.5) is 0 Å². The third kappa shape index (κ3) is 11.6. The molecule has 4 aliphatic heterocycles. The van der Waals surface area contributed by atoms with Gasteiger partial charge in [-0.2, -0.15) is 0 Å². The van der Waals surface area contributed by atoms with E-state index in [1.807, 2.05) is 0 Å². The minimum absolute atomic E-state index is 0. The van der Waals surface area contributed by atoms with Gasteiger partial charge in [0.2, 0.25) is 0 Å². The maximum Gasteiger partial charge on any atom is 0.101 e. The first-order valence-corrected chi connectivity index (χ1v) is 6.61. The van der Waals surface area contributed by atoms with E-state index in [0.29, 0.717) is 52.9 Å². The van der Waals surface area contributed by atoms with Gasteiger partial charge in [0.15, 0.2) is 0 Å². The second kappa shape index (κ2) is 12.9. The molecule has 4 saturated heterocycles. The first kappa shape index (κ1) is 21.4. The SMILES string of the molecule is OC1COC1.OC1COC1.OC1COC1.OC1COC1.[Ti]. The van der Waals surface area contributed by atoms with Crippen molar-refractivity contribution in [1.82, 2.24) is 0 Å². The zero-order valence-electron chi connectivity index (χ0n) is 11.9. The van der Waals surface area contributed by atoms with Crippen LogP contribution in [-0.4, -0.2) is 97.7 Å². The second-order valence-corrected chi connectivity index (χ2v) is 4.77. The Morgan fingerprint density at radius 3 is 0.524 bits per heavy atom. The molecular weight excluding hydrogens is 320 g/mol. The summed E-state index contributed by atoms with van der Waals surface area (Å²) < 4.78 is 18.3. The third-order valence-corrected chi connectivity index (χ3v) is 2.48. The van der Waals surface area contributed by atoms with Crippen molar-refractivity contribution in [2.45, 2.75) is 24.4 Å². The summed E-state index contributed by atoms with van der Waals surface area (Å²) >= 11 is 0. The third-order valence-electron chi connectivity index (χ3n) is 2.48. The molecule has 0 atom stereocenters. The Morgan fingerprint density at radius 2 is 0.524 bits per heavy atom. The van der Waals surface area contributed by atoms with Crippen molar-refractivity contribution in [2.75, 3.05) is 52.9 Å². The fourth-order valence-corrected chi connectivity index (χ4v) is 0.893. The van der Waals surface area contributed by atoms with E-state index in [0.717, 1.165) is 0 Å². The van der Waals surface area contributed by atoms with Gasteiger partial charge in [-0.05, 0) is 0 Å². The molecule has 0 saturated carbocycles. The van der Waals surface area contributed by atoms with Gasteiger partial charge in [-0.1, -0.05) is 0 Å². The molecule has 4 heterocycles. The van der Waals surface area contributed by atoms with Crippen LogP contribution in [0.25, 0.3) is 0 Å². The molecule has 0 amide bonds. The zero-order valence-corrected chi connectivity index (χ0v) is 13.4. The summed E-state index contributed by atoms with van der Waals surface area (Å²) in [5.41, 5.74) is 0. The molecule has 0 aliphatic carbocycles. The molecule has 0 radical (unpaired) electrons. The molecule has 0 aromatic rings. The Labute approximate surface area is 138 Å².